The average Bonchev–Trinajstić information content (AvgIpc) is 2.39. The lowest BCUT2D eigenvalue weighted by Crippen LogP contribution is -1.98. The summed E-state index contributed by atoms with van der Waals surface area (Å²) in [7, 11) is 0. The van der Waals surface area contributed by atoms with Gasteiger partial charge in [0.2, 0.25) is 0 Å². The quantitative estimate of drug-likeness (QED) is 0.623. The lowest BCUT2D eigenvalue weighted by Gasteiger charge is -2.08. The van der Waals surface area contributed by atoms with Gasteiger partial charge in [-0.3, -0.25) is 10.1 Å². The molecule has 0 fully saturated rings. The third-order valence-electron chi connectivity index (χ3n) is 2.77. The molecular formula is C14H12ClNO3. The van der Waals surface area contributed by atoms with E-state index in [-0.39, 0.29) is 10.7 Å². The maximum Gasteiger partial charge on any atom is 0.291 e. The van der Waals surface area contributed by atoms with Crippen molar-refractivity contribution in [2.75, 3.05) is 0 Å². The zero-order valence-electron chi connectivity index (χ0n) is 10.3. The highest BCUT2D eigenvalue weighted by molar-refractivity contribution is 6.32. The summed E-state index contributed by atoms with van der Waals surface area (Å²) in [5, 5.41) is 10.9. The Labute approximate surface area is 115 Å². The number of hydrogen-bond donors (Lipinski definition) is 0. The summed E-state index contributed by atoms with van der Waals surface area (Å²) in [6, 6.07) is 12.2. The number of halogens is 1. The molecule has 0 heterocycles. The summed E-state index contributed by atoms with van der Waals surface area (Å²) in [4.78, 5) is 10.2. The fourth-order valence-corrected chi connectivity index (χ4v) is 1.84. The molecule has 0 saturated heterocycles. The van der Waals surface area contributed by atoms with Crippen molar-refractivity contribution in [2.45, 2.75) is 13.5 Å². The Morgan fingerprint density at radius 2 is 2.00 bits per heavy atom. The van der Waals surface area contributed by atoms with Gasteiger partial charge in [-0.2, -0.15) is 0 Å². The van der Waals surface area contributed by atoms with Crippen LogP contribution in [0.25, 0.3) is 0 Å². The van der Waals surface area contributed by atoms with Crippen LogP contribution >= 0.6 is 11.6 Å². The van der Waals surface area contributed by atoms with Crippen molar-refractivity contribution in [3.63, 3.8) is 0 Å². The molecule has 0 aliphatic heterocycles. The van der Waals surface area contributed by atoms with Gasteiger partial charge in [-0.1, -0.05) is 35.9 Å². The molecule has 19 heavy (non-hydrogen) atoms. The number of ether oxygens (including phenoxy) is 1. The van der Waals surface area contributed by atoms with Gasteiger partial charge in [-0.25, -0.2) is 0 Å². The molecule has 0 unspecified atom stereocenters. The van der Waals surface area contributed by atoms with Gasteiger partial charge < -0.3 is 4.74 Å². The molecule has 0 spiro atoms. The number of nitro benzene ring substituents is 1. The number of nitrogens with zero attached hydrogens (tertiary/aromatic N) is 1. The third kappa shape index (κ3) is 3.23. The van der Waals surface area contributed by atoms with Crippen LogP contribution < -0.4 is 4.74 Å². The lowest BCUT2D eigenvalue weighted by atomic mass is 10.1. The normalized spacial score (nSPS) is 10.2. The van der Waals surface area contributed by atoms with E-state index in [9.17, 15) is 10.1 Å². The van der Waals surface area contributed by atoms with Crippen molar-refractivity contribution in [3.05, 3.63) is 68.7 Å². The Bertz CT molecular complexity index is 613. The van der Waals surface area contributed by atoms with E-state index in [1.165, 1.54) is 12.1 Å². The van der Waals surface area contributed by atoms with Gasteiger partial charge >= 0.3 is 0 Å². The van der Waals surface area contributed by atoms with Crippen LogP contribution in [0.15, 0.2) is 42.5 Å². The Hall–Kier alpha value is -2.07. The van der Waals surface area contributed by atoms with Crippen LogP contribution in [-0.2, 0) is 6.61 Å². The Morgan fingerprint density at radius 1 is 1.26 bits per heavy atom. The Balaban J connectivity index is 2.14. The van der Waals surface area contributed by atoms with Gasteiger partial charge in [-0.05, 0) is 30.2 Å². The first-order valence-electron chi connectivity index (χ1n) is 5.69. The Kier molecular flexibility index (Phi) is 4.02. The first-order valence-corrected chi connectivity index (χ1v) is 6.07. The van der Waals surface area contributed by atoms with Gasteiger partial charge in [0, 0.05) is 0 Å². The van der Waals surface area contributed by atoms with Gasteiger partial charge in [0.05, 0.1) is 11.0 Å². The van der Waals surface area contributed by atoms with Crippen molar-refractivity contribution in [1.29, 1.82) is 0 Å². The molecule has 0 radical (unpaired) electrons. The molecule has 2 rings (SSSR count). The molecule has 0 bridgehead atoms. The molecule has 0 atom stereocenters. The fraction of sp³-hybridized carbons (Fsp3) is 0.143. The predicted molar refractivity (Wildman–Crippen MR) is 73.6 cm³/mol. The summed E-state index contributed by atoms with van der Waals surface area (Å²) in [6.45, 7) is 2.36. The smallest absolute Gasteiger partial charge is 0.291 e. The van der Waals surface area contributed by atoms with Crippen LogP contribution in [0.3, 0.4) is 0 Å². The molecule has 98 valence electrons. The second kappa shape index (κ2) is 5.71. The van der Waals surface area contributed by atoms with E-state index in [1.54, 1.807) is 6.07 Å². The number of nitro groups is 1. The highest BCUT2D eigenvalue weighted by atomic mass is 35.5. The van der Waals surface area contributed by atoms with E-state index < -0.39 is 4.92 Å². The van der Waals surface area contributed by atoms with Crippen LogP contribution in [-0.4, -0.2) is 4.92 Å². The summed E-state index contributed by atoms with van der Waals surface area (Å²) in [6.07, 6.45) is 0. The van der Waals surface area contributed by atoms with E-state index in [4.69, 9.17) is 16.3 Å². The third-order valence-corrected chi connectivity index (χ3v) is 3.09. The summed E-state index contributed by atoms with van der Waals surface area (Å²) in [5.74, 6) is 0.430. The zero-order valence-corrected chi connectivity index (χ0v) is 11.1. The van der Waals surface area contributed by atoms with Crippen LogP contribution in [0, 0.1) is 17.0 Å². The number of hydrogen-bond acceptors (Lipinski definition) is 3. The molecular weight excluding hydrogens is 266 g/mol. The first kappa shape index (κ1) is 13.4. The number of rotatable bonds is 4. The number of aryl methyl sites for hydroxylation is 1. The van der Waals surface area contributed by atoms with Crippen molar-refractivity contribution in [2.24, 2.45) is 0 Å². The van der Waals surface area contributed by atoms with E-state index in [0.29, 0.717) is 12.4 Å². The van der Waals surface area contributed by atoms with Crippen molar-refractivity contribution in [1.82, 2.24) is 0 Å². The van der Waals surface area contributed by atoms with Gasteiger partial charge in [-0.15, -0.1) is 0 Å². The topological polar surface area (TPSA) is 52.4 Å². The van der Waals surface area contributed by atoms with Crippen LogP contribution in [0.5, 0.6) is 5.75 Å². The maximum absolute atomic E-state index is 10.8. The minimum absolute atomic E-state index is 0.105. The lowest BCUT2D eigenvalue weighted by molar-refractivity contribution is -0.384. The molecule has 4 nitrogen and oxygen atoms in total. The molecule has 2 aromatic rings. The minimum Gasteiger partial charge on any atom is -0.489 e. The predicted octanol–water partition coefficient (Wildman–Crippen LogP) is 4.14. The average molecular weight is 278 g/mol. The van der Waals surface area contributed by atoms with E-state index >= 15 is 0 Å². The van der Waals surface area contributed by atoms with Gasteiger partial charge in [0.1, 0.15) is 17.4 Å². The summed E-state index contributed by atoms with van der Waals surface area (Å²) >= 11 is 5.74. The van der Waals surface area contributed by atoms with Crippen molar-refractivity contribution >= 4 is 17.3 Å². The van der Waals surface area contributed by atoms with Crippen molar-refractivity contribution < 1.29 is 9.66 Å². The highest BCUT2D eigenvalue weighted by Gasteiger charge is 2.13. The minimum atomic E-state index is -0.525. The van der Waals surface area contributed by atoms with Crippen LogP contribution in [0.1, 0.15) is 11.1 Å². The molecule has 0 amide bonds. The summed E-state index contributed by atoms with van der Waals surface area (Å²) < 4.78 is 5.56. The Morgan fingerprint density at radius 3 is 2.68 bits per heavy atom. The standard InChI is InChI=1S/C14H12ClNO3/c1-10-4-2-3-5-11(10)9-19-12-6-7-13(15)14(8-12)16(17)18/h2-8H,9H2,1H3. The number of benzene rings is 2. The molecule has 2 aromatic carbocycles. The highest BCUT2D eigenvalue weighted by Crippen LogP contribution is 2.29. The van der Waals surface area contributed by atoms with Crippen molar-refractivity contribution in [3.8, 4) is 5.75 Å². The molecule has 0 aliphatic rings. The largest absolute Gasteiger partial charge is 0.489 e. The van der Waals surface area contributed by atoms with Crippen LogP contribution in [0.4, 0.5) is 5.69 Å². The summed E-state index contributed by atoms with van der Waals surface area (Å²) in [5.41, 5.74) is 2.01. The second-order valence-electron chi connectivity index (χ2n) is 4.09. The van der Waals surface area contributed by atoms with E-state index in [1.807, 2.05) is 31.2 Å². The monoisotopic (exact) mass is 277 g/mol. The molecule has 0 aliphatic carbocycles. The van der Waals surface area contributed by atoms with E-state index in [0.717, 1.165) is 11.1 Å². The second-order valence-corrected chi connectivity index (χ2v) is 4.49. The maximum atomic E-state index is 10.8. The first-order chi connectivity index (χ1) is 9.08. The fourth-order valence-electron chi connectivity index (χ4n) is 1.66. The van der Waals surface area contributed by atoms with Crippen LogP contribution in [0.2, 0.25) is 5.02 Å². The van der Waals surface area contributed by atoms with Gasteiger partial charge in [0.25, 0.3) is 5.69 Å². The molecule has 0 aromatic heterocycles. The van der Waals surface area contributed by atoms with E-state index in [2.05, 4.69) is 0 Å². The zero-order chi connectivity index (χ0) is 13.8. The molecule has 0 N–H and O–H groups in total. The SMILES string of the molecule is Cc1ccccc1COc1ccc(Cl)c([N+](=O)[O-])c1. The molecule has 0 saturated carbocycles. The van der Waals surface area contributed by atoms with Gasteiger partial charge in [0.15, 0.2) is 0 Å². The molecule has 5 heteroatoms.